The fraction of sp³-hybridized carbons (Fsp3) is 0.0175. The minimum absolute atomic E-state index is 0.472. The Morgan fingerprint density at radius 2 is 0.533 bits per heavy atom. The number of nitrogens with zero attached hydrogens (tertiary/aromatic N) is 4. The average Bonchev–Trinajstić information content (AvgIpc) is 1.48. The average molecular weight is 1610 g/mol. The topological polar surface area (TPSA) is 68.6 Å². The Morgan fingerprint density at radius 3 is 0.975 bits per heavy atom. The fourth-order valence-corrected chi connectivity index (χ4v) is 25.6. The molecule has 5 nitrogen and oxygen atoms in total. The third kappa shape index (κ3) is 11.0. The summed E-state index contributed by atoms with van der Waals surface area (Å²) in [5.41, 5.74) is 29.3. The summed E-state index contributed by atoms with van der Waals surface area (Å²) in [5.74, 6) is 0.724. The summed E-state index contributed by atoms with van der Waals surface area (Å²) < 4.78 is 15.2. The molecule has 0 fully saturated rings. The highest BCUT2D eigenvalue weighted by atomic mass is 32.2. The van der Waals surface area contributed by atoms with Crippen LogP contribution in [0.2, 0.25) is 0 Å². The van der Waals surface area contributed by atoms with E-state index in [2.05, 4.69) is 346 Å². The van der Waals surface area contributed by atoms with Crippen LogP contribution in [0.15, 0.2) is 450 Å². The quantitative estimate of drug-likeness (QED) is 0.105. The number of pyridine rings is 2. The molecule has 2 spiro atoms. The van der Waals surface area contributed by atoms with E-state index in [1.54, 1.807) is 0 Å². The summed E-state index contributed by atoms with van der Waals surface area (Å²) in [5, 5.41) is 10.5. The van der Waals surface area contributed by atoms with Crippen LogP contribution < -0.4 is 15.9 Å². The highest BCUT2D eigenvalue weighted by Crippen LogP contribution is 2.66. The molecular weight excluding hydrogens is 1540 g/mol. The molecule has 0 bridgehead atoms. The molecule has 2 aliphatic carbocycles. The fourth-order valence-electron chi connectivity index (χ4n) is 20.2. The lowest BCUT2D eigenvalue weighted by Gasteiger charge is -2.40. The van der Waals surface area contributed by atoms with Crippen molar-refractivity contribution in [1.29, 1.82) is 0 Å². The van der Waals surface area contributed by atoms with Crippen LogP contribution in [0, 0.1) is 0 Å². The zero-order chi connectivity index (χ0) is 80.6. The van der Waals surface area contributed by atoms with Crippen molar-refractivity contribution in [1.82, 2.24) is 19.9 Å². The van der Waals surface area contributed by atoms with Gasteiger partial charge < -0.3 is 4.57 Å². The number of benzene rings is 18. The number of fused-ring (bicyclic) bond motifs is 27. The third-order valence-corrected chi connectivity index (χ3v) is 31.1. The van der Waals surface area contributed by atoms with E-state index in [4.69, 9.17) is 19.9 Å². The molecule has 0 amide bonds. The Morgan fingerprint density at radius 1 is 0.213 bits per heavy atom. The highest BCUT2D eigenvalue weighted by Gasteiger charge is 2.52. The lowest BCUT2D eigenvalue weighted by molar-refractivity contribution is 0.592. The van der Waals surface area contributed by atoms with Crippen molar-refractivity contribution in [3.8, 4) is 89.7 Å². The monoisotopic (exact) mass is 1610 g/mol. The molecular formula is C114H71N4OPS2. The van der Waals surface area contributed by atoms with Crippen molar-refractivity contribution < 1.29 is 4.57 Å². The summed E-state index contributed by atoms with van der Waals surface area (Å²) in [6, 6.07) is 154. The minimum atomic E-state index is -3.11. The number of rotatable bonds is 9. The van der Waals surface area contributed by atoms with Crippen LogP contribution in [0.3, 0.4) is 0 Å². The number of aromatic nitrogens is 4. The van der Waals surface area contributed by atoms with Crippen LogP contribution in [0.1, 0.15) is 44.5 Å². The second-order valence-corrected chi connectivity index (χ2v) is 36.8. The van der Waals surface area contributed by atoms with E-state index in [0.717, 1.165) is 127 Å². The zero-order valence-corrected chi connectivity index (χ0v) is 68.5. The van der Waals surface area contributed by atoms with Crippen LogP contribution in [-0.2, 0) is 15.4 Å². The molecule has 0 saturated carbocycles. The van der Waals surface area contributed by atoms with Gasteiger partial charge in [-0.15, -0.1) is 0 Å². The first-order valence-electron chi connectivity index (χ1n) is 41.5. The van der Waals surface area contributed by atoms with E-state index in [1.165, 1.54) is 97.1 Å². The third-order valence-electron chi connectivity index (χ3n) is 25.6. The van der Waals surface area contributed by atoms with Gasteiger partial charge in [0.1, 0.15) is 0 Å². The Labute approximate surface area is 715 Å². The molecule has 21 aromatic rings. The van der Waals surface area contributed by atoms with Crippen molar-refractivity contribution in [2.24, 2.45) is 0 Å². The minimum Gasteiger partial charge on any atom is -0.309 e. The summed E-state index contributed by atoms with van der Waals surface area (Å²) in [7, 11) is -3.11. The molecule has 5 heterocycles. The van der Waals surface area contributed by atoms with Gasteiger partial charge in [0.2, 0.25) is 0 Å². The van der Waals surface area contributed by atoms with Gasteiger partial charge >= 0.3 is 0 Å². The van der Waals surface area contributed by atoms with Crippen molar-refractivity contribution in [3.05, 3.63) is 475 Å². The Balaban J connectivity index is 0.000000138. The van der Waals surface area contributed by atoms with E-state index >= 15 is 4.57 Å². The van der Waals surface area contributed by atoms with Gasteiger partial charge in [-0.3, -0.25) is 0 Å². The number of para-hydroxylation sites is 1. The van der Waals surface area contributed by atoms with E-state index in [0.29, 0.717) is 0 Å². The van der Waals surface area contributed by atoms with Gasteiger partial charge in [0.05, 0.1) is 44.5 Å². The Kier molecular flexibility index (Phi) is 16.8. The highest BCUT2D eigenvalue weighted by molar-refractivity contribution is 8.00. The smallest absolute Gasteiger partial charge is 0.171 e. The summed E-state index contributed by atoms with van der Waals surface area (Å²) in [6.45, 7) is 0. The predicted octanol–water partition coefficient (Wildman–Crippen LogP) is 28.0. The molecule has 8 heteroatoms. The Hall–Kier alpha value is -14.4. The summed E-state index contributed by atoms with van der Waals surface area (Å²) in [6.07, 6.45) is 0. The lowest BCUT2D eigenvalue weighted by atomic mass is 9.67. The molecule has 0 saturated heterocycles. The molecule has 0 N–H and O–H groups in total. The first kappa shape index (κ1) is 71.7. The molecule has 0 radical (unpaired) electrons. The van der Waals surface area contributed by atoms with Crippen LogP contribution in [0.5, 0.6) is 0 Å². The van der Waals surface area contributed by atoms with Gasteiger partial charge in [-0.05, 0) is 131 Å². The van der Waals surface area contributed by atoms with Crippen LogP contribution >= 0.6 is 30.7 Å². The van der Waals surface area contributed by atoms with Crippen molar-refractivity contribution in [2.75, 3.05) is 0 Å². The van der Waals surface area contributed by atoms with Crippen LogP contribution in [0.4, 0.5) is 0 Å². The van der Waals surface area contributed by atoms with Gasteiger partial charge in [-0.1, -0.05) is 412 Å². The molecule has 570 valence electrons. The predicted molar refractivity (Wildman–Crippen MR) is 506 cm³/mol. The van der Waals surface area contributed by atoms with E-state index in [-0.39, 0.29) is 0 Å². The normalized spacial score (nSPS) is 13.3. The standard InChI is InChI=1S/C58H35N3S.C56H36NOPS/c1-3-15-37(16-4-1)55-44-32-33-49-56(62-52-26-14-12-24-48(52)58(49)46-22-10-7-19-41(46)42-20-8-11-23-47(42)58)53(44)45-35-40(31-34-51(45)59-55)36-27-29-38(30-28-36)54-43-21-9-13-25-50(43)60-57(61-54)39-17-5-2-6-18-39;58-59(40-18-6-2-7-19-40,41-20-8-3-9-21-41)42-31-28-37(29-32-42)39-30-35-51-46(36-39)53-45(54(57-51)38-16-4-1-5-17-38)33-34-50-55(53)60-52-27-15-14-26-49(52)56(50)47-24-12-10-22-43(47)44-23-11-13-25-48(44)56/h1-35H;1-36H. The van der Waals surface area contributed by atoms with E-state index < -0.39 is 18.0 Å². The maximum absolute atomic E-state index is 15.2. The zero-order valence-electron chi connectivity index (χ0n) is 66.0. The molecule has 0 unspecified atom stereocenters. The van der Waals surface area contributed by atoms with Gasteiger partial charge in [-0.25, -0.2) is 19.9 Å². The molecule has 4 aliphatic rings. The maximum Gasteiger partial charge on any atom is 0.171 e. The first-order chi connectivity index (χ1) is 60.4. The summed E-state index contributed by atoms with van der Waals surface area (Å²) >= 11 is 3.79. The molecule has 2 aliphatic heterocycles. The van der Waals surface area contributed by atoms with Crippen LogP contribution in [-0.4, -0.2) is 19.9 Å². The molecule has 0 atom stereocenters. The molecule has 25 rings (SSSR count). The second-order valence-electron chi connectivity index (χ2n) is 31.9. The molecule has 122 heavy (non-hydrogen) atoms. The van der Waals surface area contributed by atoms with Gasteiger partial charge in [0.15, 0.2) is 13.0 Å². The second kappa shape index (κ2) is 28.7. The van der Waals surface area contributed by atoms with Crippen molar-refractivity contribution in [2.45, 2.75) is 30.4 Å². The Bertz CT molecular complexity index is 7770. The summed E-state index contributed by atoms with van der Waals surface area (Å²) in [4.78, 5) is 26.1. The van der Waals surface area contributed by atoms with E-state index in [9.17, 15) is 0 Å². The largest absolute Gasteiger partial charge is 0.309 e. The van der Waals surface area contributed by atoms with Gasteiger partial charge in [0, 0.05) is 95.5 Å². The van der Waals surface area contributed by atoms with Crippen LogP contribution in [0.25, 0.3) is 144 Å². The maximum atomic E-state index is 15.2. The SMILES string of the molecule is O=P(c1ccccc1)(c1ccccc1)c1ccc(-c2ccc3nc(-c4ccccc4)c4ccc5c(c4c3c2)Sc2ccccc2C52c3ccccc3-c3ccccc32)cc1.c1ccc(-c2nc(-c3ccc(-c4ccc5nc(-c6ccccc6)c6ccc7c(c6c5c4)Sc4ccccc4C74c5ccccc5-c5ccccc54)cc3)c3ccccc3n2)cc1. The van der Waals surface area contributed by atoms with Crippen molar-refractivity contribution >= 4 is 101 Å². The lowest BCUT2D eigenvalue weighted by Crippen LogP contribution is -2.32. The van der Waals surface area contributed by atoms with Gasteiger partial charge in [0.25, 0.3) is 0 Å². The number of hydrogen-bond acceptors (Lipinski definition) is 7. The molecule has 18 aromatic carbocycles. The molecule has 3 aromatic heterocycles. The van der Waals surface area contributed by atoms with Gasteiger partial charge in [-0.2, -0.15) is 0 Å². The van der Waals surface area contributed by atoms with E-state index in [1.807, 2.05) is 108 Å². The number of hydrogen-bond donors (Lipinski definition) is 0. The van der Waals surface area contributed by atoms with Crippen molar-refractivity contribution in [3.63, 3.8) is 0 Å². The first-order valence-corrected chi connectivity index (χ1v) is 44.8.